The van der Waals surface area contributed by atoms with E-state index < -0.39 is 0 Å². The van der Waals surface area contributed by atoms with Gasteiger partial charge in [-0.2, -0.15) is 0 Å². The number of aryl methyl sites for hydroxylation is 1. The summed E-state index contributed by atoms with van der Waals surface area (Å²) in [6, 6.07) is 31.2. The lowest BCUT2D eigenvalue weighted by atomic mass is 9.98. The van der Waals surface area contributed by atoms with E-state index in [1.165, 1.54) is 5.56 Å². The van der Waals surface area contributed by atoms with E-state index in [-0.39, 0.29) is 0 Å². The molecule has 2 nitrogen and oxygen atoms in total. The van der Waals surface area contributed by atoms with Gasteiger partial charge in [0.15, 0.2) is 0 Å². The standard InChI is InChI=1S/C25H21NO.C2H6/c1-18-8-6-7-11-23(18)25-17-21(19-12-14-22(27-2)15-13-19)16-24(26-25)20-9-4-3-5-10-20;1-2/h3-17H,1-2H3;1-2H3. The van der Waals surface area contributed by atoms with Gasteiger partial charge < -0.3 is 4.74 Å². The van der Waals surface area contributed by atoms with Crippen molar-refractivity contribution in [3.05, 3.63) is 96.6 Å². The third kappa shape index (κ3) is 4.72. The highest BCUT2D eigenvalue weighted by molar-refractivity contribution is 5.77. The van der Waals surface area contributed by atoms with Crippen molar-refractivity contribution >= 4 is 0 Å². The van der Waals surface area contributed by atoms with Crippen LogP contribution in [-0.4, -0.2) is 12.1 Å². The molecule has 0 aliphatic heterocycles. The summed E-state index contributed by atoms with van der Waals surface area (Å²) >= 11 is 0. The zero-order chi connectivity index (χ0) is 20.6. The summed E-state index contributed by atoms with van der Waals surface area (Å²) in [4.78, 5) is 4.97. The van der Waals surface area contributed by atoms with E-state index >= 15 is 0 Å². The van der Waals surface area contributed by atoms with Crippen molar-refractivity contribution in [3.63, 3.8) is 0 Å². The van der Waals surface area contributed by atoms with Crippen molar-refractivity contribution in [1.82, 2.24) is 4.98 Å². The quantitative estimate of drug-likeness (QED) is 0.367. The Labute approximate surface area is 173 Å². The van der Waals surface area contributed by atoms with Crippen LogP contribution >= 0.6 is 0 Å². The van der Waals surface area contributed by atoms with E-state index in [0.717, 1.165) is 39.4 Å². The molecule has 0 unspecified atom stereocenters. The normalized spacial score (nSPS) is 10.1. The second-order valence-electron chi connectivity index (χ2n) is 6.54. The maximum absolute atomic E-state index is 5.29. The number of ether oxygens (including phenoxy) is 1. The third-order valence-electron chi connectivity index (χ3n) is 4.74. The topological polar surface area (TPSA) is 22.1 Å². The summed E-state index contributed by atoms with van der Waals surface area (Å²) in [5.41, 5.74) is 7.74. The molecule has 0 N–H and O–H groups in total. The van der Waals surface area contributed by atoms with E-state index in [1.807, 2.05) is 44.2 Å². The lowest BCUT2D eigenvalue weighted by Crippen LogP contribution is -1.93. The van der Waals surface area contributed by atoms with Gasteiger partial charge in [-0.25, -0.2) is 4.98 Å². The Balaban J connectivity index is 0.00000117. The second-order valence-corrected chi connectivity index (χ2v) is 6.54. The van der Waals surface area contributed by atoms with E-state index in [2.05, 4.69) is 67.6 Å². The van der Waals surface area contributed by atoms with Crippen LogP contribution < -0.4 is 4.74 Å². The van der Waals surface area contributed by atoms with Gasteiger partial charge >= 0.3 is 0 Å². The minimum Gasteiger partial charge on any atom is -0.497 e. The molecular formula is C27H27NO. The summed E-state index contributed by atoms with van der Waals surface area (Å²) in [5.74, 6) is 0.857. The molecule has 146 valence electrons. The Morgan fingerprint density at radius 3 is 1.90 bits per heavy atom. The molecule has 0 atom stereocenters. The van der Waals surface area contributed by atoms with Crippen molar-refractivity contribution in [3.8, 4) is 39.4 Å². The number of hydrogen-bond donors (Lipinski definition) is 0. The first-order valence-corrected chi connectivity index (χ1v) is 10.0. The molecule has 1 heterocycles. The van der Waals surface area contributed by atoms with Gasteiger partial charge in [-0.15, -0.1) is 0 Å². The molecule has 0 bridgehead atoms. The highest BCUT2D eigenvalue weighted by Gasteiger charge is 2.10. The average molecular weight is 382 g/mol. The van der Waals surface area contributed by atoms with Gasteiger partial charge in [-0.3, -0.25) is 0 Å². The van der Waals surface area contributed by atoms with Crippen LogP contribution in [0, 0.1) is 6.92 Å². The Bertz CT molecular complexity index is 1050. The summed E-state index contributed by atoms with van der Waals surface area (Å²) < 4.78 is 5.29. The minimum absolute atomic E-state index is 0.857. The van der Waals surface area contributed by atoms with Gasteiger partial charge in [-0.1, -0.05) is 80.6 Å². The van der Waals surface area contributed by atoms with Crippen LogP contribution in [0.2, 0.25) is 0 Å². The monoisotopic (exact) mass is 381 g/mol. The fourth-order valence-electron chi connectivity index (χ4n) is 3.24. The first-order valence-electron chi connectivity index (χ1n) is 10.0. The first-order chi connectivity index (χ1) is 14.2. The smallest absolute Gasteiger partial charge is 0.118 e. The van der Waals surface area contributed by atoms with Crippen molar-refractivity contribution in [1.29, 1.82) is 0 Å². The van der Waals surface area contributed by atoms with Crippen molar-refractivity contribution in [2.75, 3.05) is 7.11 Å². The summed E-state index contributed by atoms with van der Waals surface area (Å²) in [5, 5.41) is 0. The molecule has 29 heavy (non-hydrogen) atoms. The maximum atomic E-state index is 5.29. The van der Waals surface area contributed by atoms with Crippen LogP contribution in [0.3, 0.4) is 0 Å². The van der Waals surface area contributed by atoms with Crippen LogP contribution in [-0.2, 0) is 0 Å². The Hall–Kier alpha value is -3.39. The number of pyridine rings is 1. The molecule has 0 aliphatic carbocycles. The predicted octanol–water partition coefficient (Wildman–Crippen LogP) is 7.43. The highest BCUT2D eigenvalue weighted by Crippen LogP contribution is 2.32. The van der Waals surface area contributed by atoms with Gasteiger partial charge in [0.1, 0.15) is 5.75 Å². The van der Waals surface area contributed by atoms with Gasteiger partial charge in [-0.05, 0) is 47.9 Å². The van der Waals surface area contributed by atoms with E-state index in [1.54, 1.807) is 7.11 Å². The largest absolute Gasteiger partial charge is 0.497 e. The van der Waals surface area contributed by atoms with E-state index in [0.29, 0.717) is 0 Å². The molecule has 0 amide bonds. The number of aromatic nitrogens is 1. The number of methoxy groups -OCH3 is 1. The molecule has 0 saturated carbocycles. The van der Waals surface area contributed by atoms with Crippen LogP contribution in [0.1, 0.15) is 19.4 Å². The Morgan fingerprint density at radius 1 is 0.621 bits per heavy atom. The Kier molecular flexibility index (Phi) is 6.80. The molecule has 2 heteroatoms. The number of benzene rings is 3. The molecule has 0 saturated heterocycles. The van der Waals surface area contributed by atoms with Gasteiger partial charge in [0.2, 0.25) is 0 Å². The fraction of sp³-hybridized carbons (Fsp3) is 0.148. The molecule has 0 spiro atoms. The second kappa shape index (κ2) is 9.70. The lowest BCUT2D eigenvalue weighted by Gasteiger charge is -2.12. The molecule has 3 aromatic carbocycles. The van der Waals surface area contributed by atoms with Crippen LogP contribution in [0.4, 0.5) is 0 Å². The Morgan fingerprint density at radius 2 is 1.24 bits per heavy atom. The molecular weight excluding hydrogens is 354 g/mol. The van der Waals surface area contributed by atoms with Gasteiger partial charge in [0.05, 0.1) is 18.5 Å². The molecule has 0 fully saturated rings. The summed E-state index contributed by atoms with van der Waals surface area (Å²) in [6.07, 6.45) is 0. The van der Waals surface area contributed by atoms with E-state index in [4.69, 9.17) is 9.72 Å². The number of nitrogens with zero attached hydrogens (tertiary/aromatic N) is 1. The highest BCUT2D eigenvalue weighted by atomic mass is 16.5. The van der Waals surface area contributed by atoms with Gasteiger partial charge in [0.25, 0.3) is 0 Å². The van der Waals surface area contributed by atoms with Crippen LogP contribution in [0.5, 0.6) is 5.75 Å². The number of hydrogen-bond acceptors (Lipinski definition) is 2. The van der Waals surface area contributed by atoms with Crippen molar-refractivity contribution in [2.45, 2.75) is 20.8 Å². The van der Waals surface area contributed by atoms with Crippen molar-refractivity contribution < 1.29 is 4.74 Å². The van der Waals surface area contributed by atoms with Gasteiger partial charge in [0, 0.05) is 11.1 Å². The van der Waals surface area contributed by atoms with E-state index in [9.17, 15) is 0 Å². The SMILES string of the molecule is CC.COc1ccc(-c2cc(-c3ccccc3)nc(-c3ccccc3C)c2)cc1. The molecule has 4 rings (SSSR count). The molecule has 0 aliphatic rings. The zero-order valence-electron chi connectivity index (χ0n) is 17.5. The summed E-state index contributed by atoms with van der Waals surface area (Å²) in [6.45, 7) is 6.12. The number of rotatable bonds is 4. The molecule has 0 radical (unpaired) electrons. The zero-order valence-corrected chi connectivity index (χ0v) is 17.5. The first kappa shape index (κ1) is 20.3. The average Bonchev–Trinajstić information content (AvgIpc) is 2.81. The maximum Gasteiger partial charge on any atom is 0.118 e. The minimum atomic E-state index is 0.857. The fourth-order valence-corrected chi connectivity index (χ4v) is 3.24. The molecule has 1 aromatic heterocycles. The predicted molar refractivity (Wildman–Crippen MR) is 123 cm³/mol. The van der Waals surface area contributed by atoms with Crippen molar-refractivity contribution in [2.24, 2.45) is 0 Å². The third-order valence-corrected chi connectivity index (χ3v) is 4.74. The summed E-state index contributed by atoms with van der Waals surface area (Å²) in [7, 11) is 1.69. The lowest BCUT2D eigenvalue weighted by molar-refractivity contribution is 0.415. The van der Waals surface area contributed by atoms with Crippen LogP contribution in [0.25, 0.3) is 33.6 Å². The molecule has 4 aromatic rings. The van der Waals surface area contributed by atoms with Crippen LogP contribution in [0.15, 0.2) is 91.0 Å².